The van der Waals surface area contributed by atoms with E-state index in [9.17, 15) is 19.3 Å². The minimum Gasteiger partial charge on any atom is -0.496 e. The number of rotatable bonds is 6. The molecule has 0 fully saturated rings. The molecule has 0 bridgehead atoms. The monoisotopic (exact) mass is 386 g/mol. The molecule has 3 aromatic rings. The quantitative estimate of drug-likeness (QED) is 0.361. The van der Waals surface area contributed by atoms with E-state index >= 15 is 0 Å². The van der Waals surface area contributed by atoms with Gasteiger partial charge in [-0.15, -0.1) is 0 Å². The Balaban J connectivity index is 2.05. The Morgan fingerprint density at radius 1 is 1.14 bits per heavy atom. The van der Waals surface area contributed by atoms with Gasteiger partial charge in [0.1, 0.15) is 11.5 Å². The van der Waals surface area contributed by atoms with Gasteiger partial charge in [0.15, 0.2) is 11.6 Å². The van der Waals surface area contributed by atoms with Crippen LogP contribution in [0, 0.1) is 15.9 Å². The highest BCUT2D eigenvalue weighted by molar-refractivity contribution is 5.88. The highest BCUT2D eigenvalue weighted by atomic mass is 19.1. The van der Waals surface area contributed by atoms with Gasteiger partial charge in [0.25, 0.3) is 5.69 Å². The minimum absolute atomic E-state index is 0.0319. The van der Waals surface area contributed by atoms with E-state index in [0.29, 0.717) is 22.2 Å². The van der Waals surface area contributed by atoms with E-state index in [0.717, 1.165) is 12.1 Å². The molecule has 0 amide bonds. The first-order chi connectivity index (χ1) is 13.4. The van der Waals surface area contributed by atoms with E-state index in [1.807, 2.05) is 0 Å². The van der Waals surface area contributed by atoms with Crippen molar-refractivity contribution in [3.63, 3.8) is 0 Å². The maximum absolute atomic E-state index is 14.2. The summed E-state index contributed by atoms with van der Waals surface area (Å²) in [7, 11) is 2.75. The molecule has 0 atom stereocenters. The first kappa shape index (κ1) is 19.0. The van der Waals surface area contributed by atoms with Crippen molar-refractivity contribution in [1.82, 2.24) is 4.98 Å². The molecule has 9 heteroatoms. The zero-order valence-corrected chi connectivity index (χ0v) is 15.0. The lowest BCUT2D eigenvalue weighted by Gasteiger charge is -2.13. The third-order valence-corrected chi connectivity index (χ3v) is 4.01. The Kier molecular flexibility index (Phi) is 5.35. The van der Waals surface area contributed by atoms with Crippen molar-refractivity contribution in [1.29, 1.82) is 0 Å². The largest absolute Gasteiger partial charge is 0.496 e. The highest BCUT2D eigenvalue weighted by Crippen LogP contribution is 2.35. The van der Waals surface area contributed by atoms with Crippen LogP contribution in [0.5, 0.6) is 17.2 Å². The third kappa shape index (κ3) is 3.83. The molecule has 8 nitrogen and oxygen atoms in total. The van der Waals surface area contributed by atoms with Gasteiger partial charge < -0.3 is 14.2 Å². The fourth-order valence-electron chi connectivity index (χ4n) is 2.64. The predicted molar refractivity (Wildman–Crippen MR) is 97.1 cm³/mol. The highest BCUT2D eigenvalue weighted by Gasteiger charge is 2.16. The van der Waals surface area contributed by atoms with Crippen molar-refractivity contribution >= 4 is 22.6 Å². The molecule has 0 spiro atoms. The zero-order chi connectivity index (χ0) is 20.3. The summed E-state index contributed by atoms with van der Waals surface area (Å²) in [5, 5.41) is 11.3. The van der Waals surface area contributed by atoms with E-state index in [-0.39, 0.29) is 23.6 Å². The summed E-state index contributed by atoms with van der Waals surface area (Å²) >= 11 is 0. The van der Waals surface area contributed by atoms with Gasteiger partial charge in [-0.1, -0.05) is 0 Å². The number of hydrogen-bond donors (Lipinski definition) is 0. The van der Waals surface area contributed by atoms with Crippen LogP contribution in [0.15, 0.2) is 42.6 Å². The molecule has 1 heterocycles. The van der Waals surface area contributed by atoms with Crippen molar-refractivity contribution in [3.05, 3.63) is 64.1 Å². The number of carbonyl (C=O) groups is 1. The number of nitro benzene ring substituents is 1. The number of nitro groups is 1. The van der Waals surface area contributed by atoms with E-state index in [2.05, 4.69) is 4.98 Å². The van der Waals surface area contributed by atoms with E-state index in [4.69, 9.17) is 14.2 Å². The Labute approximate surface area is 158 Å². The topological polar surface area (TPSA) is 101 Å². The second-order valence-electron chi connectivity index (χ2n) is 5.72. The molecule has 0 radical (unpaired) electrons. The van der Waals surface area contributed by atoms with Crippen LogP contribution >= 0.6 is 0 Å². The lowest BCUT2D eigenvalue weighted by atomic mass is 10.1. The summed E-state index contributed by atoms with van der Waals surface area (Å²) in [6.45, 7) is 0. The van der Waals surface area contributed by atoms with Crippen molar-refractivity contribution in [2.75, 3.05) is 14.2 Å². The van der Waals surface area contributed by atoms with Crippen LogP contribution in [-0.4, -0.2) is 30.1 Å². The number of halogens is 1. The average molecular weight is 386 g/mol. The van der Waals surface area contributed by atoms with Gasteiger partial charge in [0, 0.05) is 29.3 Å². The van der Waals surface area contributed by atoms with Crippen molar-refractivity contribution < 1.29 is 28.3 Å². The summed E-state index contributed by atoms with van der Waals surface area (Å²) in [6, 6.07) is 7.91. The number of aromatic nitrogens is 1. The number of non-ortho nitro benzene ring substituents is 1. The number of fused-ring (bicyclic) bond motifs is 1. The standard InChI is InChI=1S/C19H15FN2O6/c1-26-18-10-15-13(7-11(18)8-19(23)27-2)16(5-6-21-15)28-17-4-3-12(22(24)25)9-14(17)20/h3-7,9-10H,8H2,1-2H3. The van der Waals surface area contributed by atoms with Crippen LogP contribution in [0.2, 0.25) is 0 Å². The molecule has 28 heavy (non-hydrogen) atoms. The van der Waals surface area contributed by atoms with Crippen molar-refractivity contribution in [2.45, 2.75) is 6.42 Å². The van der Waals surface area contributed by atoms with Crippen LogP contribution in [-0.2, 0) is 16.0 Å². The summed E-state index contributed by atoms with van der Waals surface area (Å²) in [5.41, 5.74) is 0.670. The number of carbonyl (C=O) groups excluding carboxylic acids is 1. The molecule has 0 aliphatic carbocycles. The molecule has 0 aliphatic rings. The van der Waals surface area contributed by atoms with E-state index in [1.165, 1.54) is 32.5 Å². The number of pyridine rings is 1. The van der Waals surface area contributed by atoms with Crippen LogP contribution in [0.25, 0.3) is 10.9 Å². The van der Waals surface area contributed by atoms with Gasteiger partial charge in [0.05, 0.1) is 37.1 Å². The smallest absolute Gasteiger partial charge is 0.310 e. The van der Waals surface area contributed by atoms with E-state index in [1.54, 1.807) is 12.1 Å². The van der Waals surface area contributed by atoms with Gasteiger partial charge in [0.2, 0.25) is 0 Å². The summed E-state index contributed by atoms with van der Waals surface area (Å²) in [4.78, 5) is 26.0. The van der Waals surface area contributed by atoms with Crippen LogP contribution in [0.3, 0.4) is 0 Å². The maximum Gasteiger partial charge on any atom is 0.310 e. The Bertz CT molecular complexity index is 1070. The fourth-order valence-corrected chi connectivity index (χ4v) is 2.64. The van der Waals surface area contributed by atoms with Crippen molar-refractivity contribution in [3.8, 4) is 17.2 Å². The number of hydrogen-bond acceptors (Lipinski definition) is 7. The molecule has 0 saturated carbocycles. The molecule has 0 aliphatic heterocycles. The number of nitrogens with zero attached hydrogens (tertiary/aromatic N) is 2. The van der Waals surface area contributed by atoms with Crippen LogP contribution in [0.1, 0.15) is 5.56 Å². The van der Waals surface area contributed by atoms with Crippen molar-refractivity contribution in [2.24, 2.45) is 0 Å². The zero-order valence-electron chi connectivity index (χ0n) is 15.0. The molecular formula is C19H15FN2O6. The average Bonchev–Trinajstić information content (AvgIpc) is 2.69. The molecule has 1 aromatic heterocycles. The maximum atomic E-state index is 14.2. The number of esters is 1. The van der Waals surface area contributed by atoms with Gasteiger partial charge in [-0.05, 0) is 18.2 Å². The van der Waals surface area contributed by atoms with Crippen LogP contribution < -0.4 is 9.47 Å². The lowest BCUT2D eigenvalue weighted by molar-refractivity contribution is -0.385. The number of methoxy groups -OCH3 is 2. The molecule has 2 aromatic carbocycles. The molecule has 0 saturated heterocycles. The Morgan fingerprint density at radius 3 is 2.57 bits per heavy atom. The second-order valence-corrected chi connectivity index (χ2v) is 5.72. The van der Waals surface area contributed by atoms with E-state index < -0.39 is 16.7 Å². The molecule has 0 unspecified atom stereocenters. The SMILES string of the molecule is COC(=O)Cc1cc2c(Oc3ccc([N+](=O)[O-])cc3F)ccnc2cc1OC. The molecular weight excluding hydrogens is 371 g/mol. The Hall–Kier alpha value is -3.75. The van der Waals surface area contributed by atoms with Gasteiger partial charge in [-0.3, -0.25) is 19.9 Å². The first-order valence-corrected chi connectivity index (χ1v) is 8.07. The number of ether oxygens (including phenoxy) is 3. The summed E-state index contributed by atoms with van der Waals surface area (Å²) in [5.74, 6) is -0.785. The molecule has 0 N–H and O–H groups in total. The third-order valence-electron chi connectivity index (χ3n) is 4.01. The van der Waals surface area contributed by atoms with Crippen LogP contribution in [0.4, 0.5) is 10.1 Å². The fraction of sp³-hybridized carbons (Fsp3) is 0.158. The van der Waals surface area contributed by atoms with Gasteiger partial charge >= 0.3 is 5.97 Å². The lowest BCUT2D eigenvalue weighted by Crippen LogP contribution is -2.06. The van der Waals surface area contributed by atoms with Gasteiger partial charge in [-0.2, -0.15) is 0 Å². The van der Waals surface area contributed by atoms with Gasteiger partial charge in [-0.25, -0.2) is 4.39 Å². The Morgan fingerprint density at radius 2 is 1.93 bits per heavy atom. The predicted octanol–water partition coefficient (Wildman–Crippen LogP) is 3.80. The molecule has 144 valence electrons. The summed E-state index contributed by atoms with van der Waals surface area (Å²) < 4.78 is 29.8. The molecule has 3 rings (SSSR count). The normalized spacial score (nSPS) is 10.5. The minimum atomic E-state index is -0.873. The first-order valence-electron chi connectivity index (χ1n) is 8.07. The second kappa shape index (κ2) is 7.87. The summed E-state index contributed by atoms with van der Waals surface area (Å²) in [6.07, 6.45) is 1.44. The number of benzene rings is 2.